The van der Waals surface area contributed by atoms with E-state index < -0.39 is 35.0 Å². The van der Waals surface area contributed by atoms with Crippen LogP contribution in [0, 0.1) is 29.8 Å². The van der Waals surface area contributed by atoms with Crippen molar-refractivity contribution >= 4 is 16.9 Å². The predicted octanol–water partition coefficient (Wildman–Crippen LogP) is 6.95. The van der Waals surface area contributed by atoms with E-state index in [1.165, 1.54) is 0 Å². The summed E-state index contributed by atoms with van der Waals surface area (Å²) in [5.74, 6) is -3.01. The Kier molecular flexibility index (Phi) is 9.10. The molecule has 3 aromatic rings. The number of aryl methyl sites for hydroxylation is 1. The van der Waals surface area contributed by atoms with E-state index in [1.807, 2.05) is 6.92 Å². The second-order valence-corrected chi connectivity index (χ2v) is 10.6. The highest BCUT2D eigenvalue weighted by molar-refractivity contribution is 5.85. The van der Waals surface area contributed by atoms with E-state index in [9.17, 15) is 23.1 Å². The largest absolute Gasteiger partial charge is 0.497 e. The number of alkyl halides is 1. The van der Waals surface area contributed by atoms with Crippen molar-refractivity contribution < 1.29 is 32.2 Å². The molecule has 1 atom stereocenters. The molecule has 0 aliphatic carbocycles. The van der Waals surface area contributed by atoms with Crippen molar-refractivity contribution in [1.29, 1.82) is 0 Å². The van der Waals surface area contributed by atoms with Gasteiger partial charge >= 0.3 is 5.97 Å². The quantitative estimate of drug-likeness (QED) is 0.264. The van der Waals surface area contributed by atoms with E-state index in [4.69, 9.17) is 4.74 Å². The second-order valence-electron chi connectivity index (χ2n) is 10.6. The summed E-state index contributed by atoms with van der Waals surface area (Å²) in [5.41, 5.74) is 1.31. The summed E-state index contributed by atoms with van der Waals surface area (Å²) in [7, 11) is 1.55. The minimum absolute atomic E-state index is 0.0382. The van der Waals surface area contributed by atoms with Crippen LogP contribution in [0.4, 0.5) is 17.6 Å². The SMILES string of the molecule is COc1ccc2ncc(C)c([C@@H](F)CCC3(CC(=O)O)CCN(CCCc4c(F)cc(F)cc4F)CC3)c2c1. The molecule has 0 amide bonds. The number of benzene rings is 2. The van der Waals surface area contributed by atoms with E-state index in [0.717, 1.165) is 5.56 Å². The molecule has 0 spiro atoms. The number of hydrogen-bond donors (Lipinski definition) is 1. The number of pyridine rings is 1. The number of aliphatic carboxylic acids is 1. The van der Waals surface area contributed by atoms with Crippen molar-refractivity contribution in [1.82, 2.24) is 9.88 Å². The summed E-state index contributed by atoms with van der Waals surface area (Å²) >= 11 is 0. The van der Waals surface area contributed by atoms with Crippen LogP contribution in [0.3, 0.4) is 0 Å². The topological polar surface area (TPSA) is 62.7 Å². The van der Waals surface area contributed by atoms with E-state index in [0.29, 0.717) is 79.7 Å². The molecule has 4 rings (SSSR count). The third-order valence-electron chi connectivity index (χ3n) is 8.01. The van der Waals surface area contributed by atoms with Crippen LogP contribution in [0.25, 0.3) is 10.9 Å². The lowest BCUT2D eigenvalue weighted by Crippen LogP contribution is -2.41. The molecule has 2 aromatic carbocycles. The minimum atomic E-state index is -1.29. The molecule has 0 saturated carbocycles. The zero-order valence-corrected chi connectivity index (χ0v) is 22.3. The number of nitrogens with zero attached hydrogens (tertiary/aromatic N) is 2. The molecule has 5 nitrogen and oxygen atoms in total. The first-order valence-electron chi connectivity index (χ1n) is 13.3. The Labute approximate surface area is 225 Å². The first-order valence-corrected chi connectivity index (χ1v) is 13.3. The molecule has 1 saturated heterocycles. The van der Waals surface area contributed by atoms with Crippen LogP contribution >= 0.6 is 0 Å². The average molecular weight is 547 g/mol. The second kappa shape index (κ2) is 12.3. The van der Waals surface area contributed by atoms with Crippen molar-refractivity contribution in [3.63, 3.8) is 0 Å². The van der Waals surface area contributed by atoms with E-state index in [2.05, 4.69) is 9.88 Å². The van der Waals surface area contributed by atoms with Crippen LogP contribution in [-0.2, 0) is 11.2 Å². The maximum atomic E-state index is 15.8. The van der Waals surface area contributed by atoms with Crippen molar-refractivity contribution in [2.45, 2.75) is 58.0 Å². The third kappa shape index (κ3) is 6.87. The van der Waals surface area contributed by atoms with Crippen molar-refractivity contribution in [2.75, 3.05) is 26.7 Å². The molecule has 1 aliphatic rings. The minimum Gasteiger partial charge on any atom is -0.497 e. The van der Waals surface area contributed by atoms with Crippen molar-refractivity contribution in [2.24, 2.45) is 5.41 Å². The van der Waals surface area contributed by atoms with Crippen LogP contribution in [0.1, 0.15) is 61.4 Å². The fourth-order valence-corrected chi connectivity index (χ4v) is 5.79. The molecule has 1 aliphatic heterocycles. The van der Waals surface area contributed by atoms with Gasteiger partial charge in [-0.2, -0.15) is 0 Å². The molecule has 210 valence electrons. The molecule has 0 bridgehead atoms. The molecule has 9 heteroatoms. The number of carbonyl (C=O) groups is 1. The van der Waals surface area contributed by atoms with Gasteiger partial charge in [-0.05, 0) is 99.8 Å². The number of aromatic nitrogens is 1. The van der Waals surface area contributed by atoms with Gasteiger partial charge in [0.15, 0.2) is 0 Å². The van der Waals surface area contributed by atoms with Crippen LogP contribution in [0.15, 0.2) is 36.5 Å². The highest BCUT2D eigenvalue weighted by atomic mass is 19.1. The lowest BCUT2D eigenvalue weighted by Gasteiger charge is -2.41. The van der Waals surface area contributed by atoms with Crippen LogP contribution in [-0.4, -0.2) is 47.7 Å². The molecule has 1 fully saturated rings. The van der Waals surface area contributed by atoms with Gasteiger partial charge in [-0.1, -0.05) is 0 Å². The monoisotopic (exact) mass is 546 g/mol. The first-order chi connectivity index (χ1) is 18.6. The molecule has 1 N–H and O–H groups in total. The first kappa shape index (κ1) is 28.8. The molecular weight excluding hydrogens is 512 g/mol. The Bertz CT molecular complexity index is 1300. The van der Waals surface area contributed by atoms with Crippen LogP contribution < -0.4 is 4.74 Å². The Morgan fingerprint density at radius 1 is 1.15 bits per heavy atom. The number of ether oxygens (including phenoxy) is 1. The van der Waals surface area contributed by atoms with Gasteiger partial charge in [0.2, 0.25) is 0 Å². The zero-order chi connectivity index (χ0) is 28.2. The van der Waals surface area contributed by atoms with Gasteiger partial charge in [-0.25, -0.2) is 17.6 Å². The number of carboxylic acid groups (broad SMARTS) is 1. The Balaban J connectivity index is 1.39. The summed E-state index contributed by atoms with van der Waals surface area (Å²) in [6.07, 6.45) is 2.76. The number of halogens is 4. The third-order valence-corrected chi connectivity index (χ3v) is 8.01. The number of piperidine rings is 1. The van der Waals surface area contributed by atoms with Gasteiger partial charge < -0.3 is 14.7 Å². The van der Waals surface area contributed by atoms with Gasteiger partial charge in [-0.15, -0.1) is 0 Å². The van der Waals surface area contributed by atoms with Gasteiger partial charge in [0.1, 0.15) is 29.4 Å². The predicted molar refractivity (Wildman–Crippen MR) is 141 cm³/mol. The molecule has 0 unspecified atom stereocenters. The van der Waals surface area contributed by atoms with Crippen molar-refractivity contribution in [3.05, 3.63) is 70.7 Å². The fraction of sp³-hybridized carbons (Fsp3) is 0.467. The Hall–Kier alpha value is -3.20. The summed E-state index contributed by atoms with van der Waals surface area (Å²) in [6.45, 7) is 3.64. The van der Waals surface area contributed by atoms with Gasteiger partial charge in [0, 0.05) is 29.3 Å². The number of likely N-dealkylation sites (tertiary alicyclic amines) is 1. The average Bonchev–Trinajstić information content (AvgIpc) is 2.89. The Morgan fingerprint density at radius 3 is 2.49 bits per heavy atom. The normalized spacial score (nSPS) is 16.4. The van der Waals surface area contributed by atoms with Crippen LogP contribution in [0.2, 0.25) is 0 Å². The summed E-state index contributed by atoms with van der Waals surface area (Å²) in [4.78, 5) is 18.3. The fourth-order valence-electron chi connectivity index (χ4n) is 5.79. The highest BCUT2D eigenvalue weighted by Crippen LogP contribution is 2.43. The van der Waals surface area contributed by atoms with Crippen LogP contribution in [0.5, 0.6) is 5.75 Å². The van der Waals surface area contributed by atoms with Gasteiger partial charge in [-0.3, -0.25) is 9.78 Å². The summed E-state index contributed by atoms with van der Waals surface area (Å²) in [6, 6.07) is 6.73. The van der Waals surface area contributed by atoms with E-state index in [-0.39, 0.29) is 24.8 Å². The maximum absolute atomic E-state index is 15.8. The molecular formula is C30H34F4N2O3. The summed E-state index contributed by atoms with van der Waals surface area (Å²) in [5, 5.41) is 10.3. The molecule has 39 heavy (non-hydrogen) atoms. The standard InChI is InChI=1S/C30H34F4N2O3/c1-19-18-35-27-6-5-21(39-2)16-23(27)29(19)24(32)7-8-30(17-28(37)38)9-12-36(13-10-30)11-3-4-22-25(33)14-20(31)15-26(22)34/h5-6,14-16,18,24H,3-4,7-13,17H2,1-2H3,(H,37,38)/t24-/m0/s1. The van der Waals surface area contributed by atoms with Gasteiger partial charge in [0.25, 0.3) is 0 Å². The Morgan fingerprint density at radius 2 is 1.85 bits per heavy atom. The van der Waals surface area contributed by atoms with Gasteiger partial charge in [0.05, 0.1) is 19.0 Å². The molecule has 0 radical (unpaired) electrons. The smallest absolute Gasteiger partial charge is 0.303 e. The van der Waals surface area contributed by atoms with E-state index in [1.54, 1.807) is 31.5 Å². The molecule has 1 aromatic heterocycles. The highest BCUT2D eigenvalue weighted by Gasteiger charge is 2.37. The van der Waals surface area contributed by atoms with E-state index >= 15 is 4.39 Å². The maximum Gasteiger partial charge on any atom is 0.303 e. The summed E-state index contributed by atoms with van der Waals surface area (Å²) < 4.78 is 62.1. The number of fused-ring (bicyclic) bond motifs is 1. The zero-order valence-electron chi connectivity index (χ0n) is 22.3. The van der Waals surface area contributed by atoms with Crippen molar-refractivity contribution in [3.8, 4) is 5.75 Å². The lowest BCUT2D eigenvalue weighted by molar-refractivity contribution is -0.141. The number of carboxylic acids is 1. The number of hydrogen-bond acceptors (Lipinski definition) is 4. The number of rotatable bonds is 11. The molecule has 2 heterocycles. The lowest BCUT2D eigenvalue weighted by atomic mass is 9.71. The number of methoxy groups -OCH3 is 1.